The molecule has 3 aromatic carbocycles. The lowest BCUT2D eigenvalue weighted by atomic mass is 9.88. The minimum atomic E-state index is -0.466. The molecular formula is C46H52FN9O4. The highest BCUT2D eigenvalue weighted by molar-refractivity contribution is 6.08. The van der Waals surface area contributed by atoms with E-state index in [0.717, 1.165) is 106 Å². The summed E-state index contributed by atoms with van der Waals surface area (Å²) >= 11 is 0. The number of carbonyl (C=O) groups excluding carboxylic acids is 3. The van der Waals surface area contributed by atoms with Gasteiger partial charge in [0.15, 0.2) is 11.6 Å². The van der Waals surface area contributed by atoms with Gasteiger partial charge < -0.3 is 19.9 Å². The topological polar surface area (TPSA) is 138 Å². The van der Waals surface area contributed by atoms with E-state index in [-0.39, 0.29) is 36.3 Å². The maximum Gasteiger partial charge on any atom is 0.410 e. The number of fused-ring (bicyclic) bond motifs is 1. The number of aromatic nitrogens is 4. The van der Waals surface area contributed by atoms with Gasteiger partial charge in [0.2, 0.25) is 11.9 Å². The van der Waals surface area contributed by atoms with Gasteiger partial charge in [-0.15, -0.1) is 0 Å². The monoisotopic (exact) mass is 813 g/mol. The lowest BCUT2D eigenvalue weighted by molar-refractivity contribution is -0.120. The van der Waals surface area contributed by atoms with Gasteiger partial charge in [-0.2, -0.15) is 5.10 Å². The van der Waals surface area contributed by atoms with Crippen molar-refractivity contribution in [2.45, 2.75) is 75.9 Å². The maximum atomic E-state index is 15.0. The Morgan fingerprint density at radius 3 is 2.37 bits per heavy atom. The number of amides is 4. The third kappa shape index (κ3) is 8.70. The summed E-state index contributed by atoms with van der Waals surface area (Å²) < 4.78 is 22.8. The number of nitrogens with one attached hydrogen (secondary N) is 2. The molecule has 312 valence electrons. The highest BCUT2D eigenvalue weighted by Crippen LogP contribution is 2.35. The summed E-state index contributed by atoms with van der Waals surface area (Å²) in [7, 11) is 1.90. The fourth-order valence-electron chi connectivity index (χ4n) is 9.43. The molecule has 0 bridgehead atoms. The molecule has 4 amide bonds. The highest BCUT2D eigenvalue weighted by Gasteiger charge is 2.32. The Kier molecular flexibility index (Phi) is 11.5. The Balaban J connectivity index is 0.700. The normalized spacial score (nSPS) is 21.0. The Morgan fingerprint density at radius 1 is 0.850 bits per heavy atom. The molecule has 2 aromatic heterocycles. The van der Waals surface area contributed by atoms with Crippen molar-refractivity contribution in [3.8, 4) is 22.4 Å². The molecule has 0 unspecified atom stereocenters. The number of nitrogens with zero attached hydrogens (tertiary/aromatic N) is 7. The zero-order valence-electron chi connectivity index (χ0n) is 34.1. The fraction of sp³-hybridized carbons (Fsp3) is 0.435. The lowest BCUT2D eigenvalue weighted by Crippen LogP contribution is -2.49. The second-order valence-electron chi connectivity index (χ2n) is 16.8. The van der Waals surface area contributed by atoms with E-state index in [2.05, 4.69) is 48.8 Å². The van der Waals surface area contributed by atoms with Crippen LogP contribution in [0.15, 0.2) is 79.0 Å². The molecule has 3 saturated heterocycles. The number of ether oxygens (including phenoxy) is 1. The number of hydrogen-bond acceptors (Lipinski definition) is 9. The number of likely N-dealkylation sites (tertiary alicyclic amines) is 2. The average molecular weight is 814 g/mol. The van der Waals surface area contributed by atoms with Crippen LogP contribution in [0.5, 0.6) is 0 Å². The molecule has 4 fully saturated rings. The largest absolute Gasteiger partial charge is 0.446 e. The van der Waals surface area contributed by atoms with Crippen LogP contribution in [0.1, 0.15) is 69.3 Å². The van der Waals surface area contributed by atoms with E-state index in [4.69, 9.17) is 4.74 Å². The standard InChI is InChI=1S/C46H52FN9O4/c1-53-40-27-34(10-15-38(40)43(52-53)56-25-20-41(57)50-45(56)58)32-18-21-54(22-19-32)29-30-16-23-55(24-17-30)46(59)60-37-13-11-36(12-14-37)49-44-48-28-39(47)42(51-44)35-9-5-8-33(26-35)31-6-3-2-4-7-31/h2-10,15,26-28,30,32,36-37H,11-14,16-25,29H2,1H3,(H,48,49,51)(H,50,57,58)/t36-,37-. The van der Waals surface area contributed by atoms with Crippen LogP contribution >= 0.6 is 0 Å². The Bertz CT molecular complexity index is 2350. The first-order valence-electron chi connectivity index (χ1n) is 21.4. The molecule has 1 aliphatic carbocycles. The number of piperidine rings is 2. The maximum absolute atomic E-state index is 15.0. The quantitative estimate of drug-likeness (QED) is 0.153. The van der Waals surface area contributed by atoms with Crippen LogP contribution in [-0.4, -0.2) is 99.0 Å². The number of imide groups is 1. The van der Waals surface area contributed by atoms with E-state index in [9.17, 15) is 18.8 Å². The van der Waals surface area contributed by atoms with Gasteiger partial charge in [-0.3, -0.25) is 19.7 Å². The van der Waals surface area contributed by atoms with Crippen molar-refractivity contribution in [3.05, 3.63) is 90.4 Å². The summed E-state index contributed by atoms with van der Waals surface area (Å²) in [6.45, 7) is 4.90. The van der Waals surface area contributed by atoms with Gasteiger partial charge >= 0.3 is 12.1 Å². The molecule has 3 aliphatic heterocycles. The summed E-state index contributed by atoms with van der Waals surface area (Å²) in [5.74, 6) is 1.28. The van der Waals surface area contributed by atoms with Crippen molar-refractivity contribution < 1.29 is 23.5 Å². The average Bonchev–Trinajstić information content (AvgIpc) is 3.60. The summed E-state index contributed by atoms with van der Waals surface area (Å²) in [6.07, 6.45) is 8.39. The van der Waals surface area contributed by atoms with E-state index in [1.807, 2.05) is 71.2 Å². The van der Waals surface area contributed by atoms with Gasteiger partial charge in [0.25, 0.3) is 0 Å². The summed E-state index contributed by atoms with van der Waals surface area (Å²) in [6, 6.07) is 23.9. The van der Waals surface area contributed by atoms with Crippen molar-refractivity contribution in [2.24, 2.45) is 13.0 Å². The number of aryl methyl sites for hydroxylation is 1. The smallest absolute Gasteiger partial charge is 0.410 e. The highest BCUT2D eigenvalue weighted by atomic mass is 19.1. The van der Waals surface area contributed by atoms with Crippen LogP contribution < -0.4 is 15.5 Å². The van der Waals surface area contributed by atoms with E-state index >= 15 is 0 Å². The number of carbonyl (C=O) groups is 3. The minimum absolute atomic E-state index is 0.109. The van der Waals surface area contributed by atoms with Crippen molar-refractivity contribution in [3.63, 3.8) is 0 Å². The second-order valence-corrected chi connectivity index (χ2v) is 16.8. The molecule has 5 aromatic rings. The molecule has 2 N–H and O–H groups in total. The minimum Gasteiger partial charge on any atom is -0.446 e. The van der Waals surface area contributed by atoms with Gasteiger partial charge in [0, 0.05) is 56.6 Å². The lowest BCUT2D eigenvalue weighted by Gasteiger charge is -2.38. The zero-order valence-corrected chi connectivity index (χ0v) is 34.1. The molecule has 0 spiro atoms. The van der Waals surface area contributed by atoms with Crippen molar-refractivity contribution >= 4 is 40.7 Å². The Morgan fingerprint density at radius 2 is 1.60 bits per heavy atom. The van der Waals surface area contributed by atoms with E-state index in [1.54, 1.807) is 4.90 Å². The molecule has 1 saturated carbocycles. The third-order valence-electron chi connectivity index (χ3n) is 12.9. The van der Waals surface area contributed by atoms with Crippen LogP contribution in [0.3, 0.4) is 0 Å². The predicted molar refractivity (Wildman–Crippen MR) is 228 cm³/mol. The molecule has 4 aliphatic rings. The van der Waals surface area contributed by atoms with Gasteiger partial charge in [0.1, 0.15) is 11.8 Å². The molecule has 60 heavy (non-hydrogen) atoms. The van der Waals surface area contributed by atoms with Crippen molar-refractivity contribution in [1.82, 2.24) is 34.9 Å². The first kappa shape index (κ1) is 39.6. The molecule has 5 heterocycles. The molecule has 0 atom stereocenters. The van der Waals surface area contributed by atoms with Crippen molar-refractivity contribution in [1.29, 1.82) is 0 Å². The van der Waals surface area contributed by atoms with Crippen LogP contribution in [-0.2, 0) is 16.6 Å². The third-order valence-corrected chi connectivity index (χ3v) is 12.9. The Hall–Kier alpha value is -5.89. The van der Waals surface area contributed by atoms with Gasteiger partial charge in [-0.05, 0) is 111 Å². The number of urea groups is 1. The summed E-state index contributed by atoms with van der Waals surface area (Å²) in [5, 5.41) is 11.4. The number of benzene rings is 3. The van der Waals surface area contributed by atoms with Crippen LogP contribution in [0.2, 0.25) is 0 Å². The van der Waals surface area contributed by atoms with Gasteiger partial charge in [-0.1, -0.05) is 54.6 Å². The molecule has 0 radical (unpaired) electrons. The summed E-state index contributed by atoms with van der Waals surface area (Å²) in [4.78, 5) is 52.2. The molecular weight excluding hydrogens is 762 g/mol. The number of hydrogen-bond donors (Lipinski definition) is 2. The number of halogens is 1. The predicted octanol–water partition coefficient (Wildman–Crippen LogP) is 7.73. The van der Waals surface area contributed by atoms with Gasteiger partial charge in [0.05, 0.1) is 11.7 Å². The molecule has 14 heteroatoms. The van der Waals surface area contributed by atoms with Crippen molar-refractivity contribution in [2.75, 3.05) is 49.5 Å². The van der Waals surface area contributed by atoms with E-state index in [1.165, 1.54) is 11.8 Å². The molecule has 13 nitrogen and oxygen atoms in total. The van der Waals surface area contributed by atoms with Crippen LogP contribution in [0, 0.1) is 11.7 Å². The van der Waals surface area contributed by atoms with Crippen LogP contribution in [0.25, 0.3) is 33.3 Å². The van der Waals surface area contributed by atoms with E-state index in [0.29, 0.717) is 35.7 Å². The number of anilines is 2. The SMILES string of the molecule is Cn1nc(N2CCC(=O)NC2=O)c2ccc(C3CCN(CC4CCN(C(=O)O[C@H]5CC[C@H](Nc6ncc(F)c(-c7cccc(-c8ccccc8)c7)n6)CC5)CC4)CC3)cc21. The van der Waals surface area contributed by atoms with E-state index < -0.39 is 11.8 Å². The summed E-state index contributed by atoms with van der Waals surface area (Å²) in [5.41, 5.74) is 5.29. The zero-order chi connectivity index (χ0) is 41.2. The van der Waals surface area contributed by atoms with Gasteiger partial charge in [-0.25, -0.2) is 23.9 Å². The second kappa shape index (κ2) is 17.4. The first-order chi connectivity index (χ1) is 29.2. The van der Waals surface area contributed by atoms with Crippen LogP contribution in [0.4, 0.5) is 25.7 Å². The first-order valence-corrected chi connectivity index (χ1v) is 21.4. The fourth-order valence-corrected chi connectivity index (χ4v) is 9.43. The molecule has 9 rings (SSSR count). The Labute approximate surface area is 349 Å². The number of rotatable bonds is 9.